The maximum Gasteiger partial charge on any atom is 0.214 e. The van der Waals surface area contributed by atoms with Gasteiger partial charge in [-0.15, -0.1) is 0 Å². The minimum atomic E-state index is -3.09. The van der Waals surface area contributed by atoms with E-state index in [1.807, 2.05) is 18.3 Å². The fraction of sp³-hybridized carbons (Fsp3) is 0.688. The van der Waals surface area contributed by atoms with E-state index < -0.39 is 10.0 Å². The molecule has 128 valence electrons. The Labute approximate surface area is 138 Å². The zero-order chi connectivity index (χ0) is 16.3. The maximum absolute atomic E-state index is 12.0. The number of sulfonamides is 1. The van der Waals surface area contributed by atoms with E-state index in [2.05, 4.69) is 21.5 Å². The molecular formula is C16H25N3O3S. The van der Waals surface area contributed by atoms with Gasteiger partial charge in [0.2, 0.25) is 15.9 Å². The molecule has 2 heterocycles. The van der Waals surface area contributed by atoms with E-state index in [9.17, 15) is 8.42 Å². The molecule has 1 N–H and O–H groups in total. The van der Waals surface area contributed by atoms with Crippen LogP contribution in [0.5, 0.6) is 5.88 Å². The molecule has 1 saturated carbocycles. The Balaban J connectivity index is 1.47. The zero-order valence-electron chi connectivity index (χ0n) is 13.6. The highest BCUT2D eigenvalue weighted by molar-refractivity contribution is 7.90. The average molecular weight is 339 g/mol. The van der Waals surface area contributed by atoms with Crippen molar-refractivity contribution in [3.63, 3.8) is 0 Å². The lowest BCUT2D eigenvalue weighted by Crippen LogP contribution is -2.38. The van der Waals surface area contributed by atoms with Gasteiger partial charge in [0.25, 0.3) is 0 Å². The van der Waals surface area contributed by atoms with E-state index in [1.54, 1.807) is 0 Å². The fourth-order valence-corrected chi connectivity index (χ4v) is 4.44. The van der Waals surface area contributed by atoms with Gasteiger partial charge in [-0.2, -0.15) is 0 Å². The lowest BCUT2D eigenvalue weighted by molar-refractivity contribution is 0.303. The van der Waals surface area contributed by atoms with Crippen molar-refractivity contribution in [2.24, 2.45) is 0 Å². The summed E-state index contributed by atoms with van der Waals surface area (Å²) in [7, 11) is -3.09. The van der Waals surface area contributed by atoms with Crippen LogP contribution in [0.2, 0.25) is 0 Å². The fourth-order valence-electron chi connectivity index (χ4n) is 2.83. The summed E-state index contributed by atoms with van der Waals surface area (Å²) in [6.45, 7) is 5.21. The summed E-state index contributed by atoms with van der Waals surface area (Å²) in [4.78, 5) is 6.58. The molecule has 3 rings (SSSR count). The van der Waals surface area contributed by atoms with Gasteiger partial charge >= 0.3 is 0 Å². The molecule has 2 fully saturated rings. The van der Waals surface area contributed by atoms with Gasteiger partial charge in [-0.25, -0.2) is 18.1 Å². The Kier molecular flexibility index (Phi) is 5.18. The van der Waals surface area contributed by atoms with Crippen LogP contribution in [0.25, 0.3) is 0 Å². The third-order valence-corrected chi connectivity index (χ3v) is 6.24. The highest BCUT2D eigenvalue weighted by atomic mass is 32.2. The molecule has 1 aliphatic carbocycles. The van der Waals surface area contributed by atoms with Gasteiger partial charge in [-0.05, 0) is 31.2 Å². The van der Waals surface area contributed by atoms with E-state index in [0.717, 1.165) is 50.9 Å². The van der Waals surface area contributed by atoms with Crippen molar-refractivity contribution in [2.75, 3.05) is 19.7 Å². The third kappa shape index (κ3) is 4.65. The number of nitrogens with one attached hydrogen (secondary N) is 1. The van der Waals surface area contributed by atoms with Crippen LogP contribution in [0.15, 0.2) is 18.3 Å². The van der Waals surface area contributed by atoms with Crippen molar-refractivity contribution >= 4 is 10.0 Å². The third-order valence-electron chi connectivity index (χ3n) is 4.22. The van der Waals surface area contributed by atoms with Crippen molar-refractivity contribution in [3.05, 3.63) is 23.9 Å². The zero-order valence-corrected chi connectivity index (χ0v) is 14.4. The van der Waals surface area contributed by atoms with Gasteiger partial charge in [0.1, 0.15) is 0 Å². The van der Waals surface area contributed by atoms with Crippen LogP contribution in [0.4, 0.5) is 0 Å². The second-order valence-electron chi connectivity index (χ2n) is 6.44. The largest absolute Gasteiger partial charge is 0.478 e. The molecule has 1 aromatic heterocycles. The van der Waals surface area contributed by atoms with Crippen molar-refractivity contribution < 1.29 is 13.2 Å². The first kappa shape index (κ1) is 16.7. The van der Waals surface area contributed by atoms with E-state index in [1.165, 1.54) is 0 Å². The van der Waals surface area contributed by atoms with Crippen LogP contribution in [0.1, 0.15) is 38.2 Å². The molecule has 0 bridgehead atoms. The van der Waals surface area contributed by atoms with Crippen LogP contribution >= 0.6 is 0 Å². The summed E-state index contributed by atoms with van der Waals surface area (Å²) in [6.07, 6.45) is 5.30. The number of hydrogen-bond donors (Lipinski definition) is 1. The topological polar surface area (TPSA) is 71.5 Å². The normalized spacial score (nSPS) is 22.4. The minimum absolute atomic E-state index is 0.0423. The average Bonchev–Trinajstić information content (AvgIpc) is 3.31. The van der Waals surface area contributed by atoms with Crippen molar-refractivity contribution in [1.82, 2.24) is 14.6 Å². The Bertz CT molecular complexity index is 614. The van der Waals surface area contributed by atoms with Gasteiger partial charge in [-0.1, -0.05) is 13.0 Å². The van der Waals surface area contributed by atoms with Crippen LogP contribution in [-0.2, 0) is 16.6 Å². The van der Waals surface area contributed by atoms with Crippen molar-refractivity contribution in [1.29, 1.82) is 0 Å². The van der Waals surface area contributed by atoms with Gasteiger partial charge in [0.05, 0.1) is 11.9 Å². The molecule has 7 heteroatoms. The Morgan fingerprint density at radius 1 is 1.35 bits per heavy atom. The van der Waals surface area contributed by atoms with Crippen molar-refractivity contribution in [3.8, 4) is 5.88 Å². The molecule has 1 aliphatic heterocycles. The standard InChI is InChI=1S/C16H25N3O3S/c1-2-9-22-16-6-3-13(10-17-16)11-19-8-7-14(12-19)18-23(20,21)15-4-5-15/h3,6,10,14-15,18H,2,4-5,7-9,11-12H2,1H3/t14-/m1/s1. The second-order valence-corrected chi connectivity index (χ2v) is 8.43. The van der Waals surface area contributed by atoms with Crippen molar-refractivity contribution in [2.45, 2.75) is 50.4 Å². The lowest BCUT2D eigenvalue weighted by Gasteiger charge is -2.17. The van der Waals surface area contributed by atoms with Gasteiger partial charge in [-0.3, -0.25) is 4.90 Å². The number of pyridine rings is 1. The second kappa shape index (κ2) is 7.15. The lowest BCUT2D eigenvalue weighted by atomic mass is 10.2. The smallest absolute Gasteiger partial charge is 0.214 e. The molecular weight excluding hydrogens is 314 g/mol. The Morgan fingerprint density at radius 3 is 2.83 bits per heavy atom. The summed E-state index contributed by atoms with van der Waals surface area (Å²) in [5.74, 6) is 0.659. The number of aromatic nitrogens is 1. The molecule has 2 aliphatic rings. The number of ether oxygens (including phenoxy) is 1. The SMILES string of the molecule is CCCOc1ccc(CN2CC[C@@H](NS(=O)(=O)C3CC3)C2)cn1. The quantitative estimate of drug-likeness (QED) is 0.778. The van der Waals surface area contributed by atoms with Gasteiger partial charge in [0, 0.05) is 37.9 Å². The molecule has 0 aromatic carbocycles. The van der Waals surface area contributed by atoms with Gasteiger partial charge < -0.3 is 4.74 Å². The number of likely N-dealkylation sites (tertiary alicyclic amines) is 1. The summed E-state index contributed by atoms with van der Waals surface area (Å²) in [6, 6.07) is 3.97. The predicted molar refractivity (Wildman–Crippen MR) is 88.8 cm³/mol. The number of rotatable bonds is 8. The summed E-state index contributed by atoms with van der Waals surface area (Å²) >= 11 is 0. The molecule has 1 saturated heterocycles. The van der Waals surface area contributed by atoms with E-state index in [-0.39, 0.29) is 11.3 Å². The molecule has 1 aromatic rings. The predicted octanol–water partition coefficient (Wildman–Crippen LogP) is 1.53. The first-order valence-corrected chi connectivity index (χ1v) is 9.92. The summed E-state index contributed by atoms with van der Waals surface area (Å²) in [5.41, 5.74) is 1.12. The van der Waals surface area contributed by atoms with E-state index in [0.29, 0.717) is 12.5 Å². The Morgan fingerprint density at radius 2 is 2.17 bits per heavy atom. The first-order valence-electron chi connectivity index (χ1n) is 8.38. The molecule has 23 heavy (non-hydrogen) atoms. The maximum atomic E-state index is 12.0. The molecule has 0 radical (unpaired) electrons. The van der Waals surface area contributed by atoms with Gasteiger partial charge in [0.15, 0.2) is 0 Å². The van der Waals surface area contributed by atoms with Crippen LogP contribution in [0.3, 0.4) is 0 Å². The highest BCUT2D eigenvalue weighted by Crippen LogP contribution is 2.28. The van der Waals surface area contributed by atoms with E-state index in [4.69, 9.17) is 4.74 Å². The highest BCUT2D eigenvalue weighted by Gasteiger charge is 2.38. The number of hydrogen-bond acceptors (Lipinski definition) is 5. The van der Waals surface area contributed by atoms with E-state index >= 15 is 0 Å². The molecule has 0 spiro atoms. The number of nitrogens with zero attached hydrogens (tertiary/aromatic N) is 2. The summed E-state index contributed by atoms with van der Waals surface area (Å²) < 4.78 is 32.3. The molecule has 1 atom stereocenters. The van der Waals surface area contributed by atoms with Crippen LogP contribution < -0.4 is 9.46 Å². The minimum Gasteiger partial charge on any atom is -0.478 e. The molecule has 6 nitrogen and oxygen atoms in total. The Hall–Kier alpha value is -1.18. The molecule has 0 amide bonds. The van der Waals surface area contributed by atoms with Crippen LogP contribution in [0, 0.1) is 0 Å². The first-order chi connectivity index (χ1) is 11.1. The van der Waals surface area contributed by atoms with Crippen LogP contribution in [-0.4, -0.2) is 49.3 Å². The molecule has 0 unspecified atom stereocenters. The summed E-state index contributed by atoms with van der Waals surface area (Å²) in [5, 5.41) is -0.142. The monoisotopic (exact) mass is 339 g/mol.